The molecule has 0 fully saturated rings. The van der Waals surface area contributed by atoms with Crippen LogP contribution < -0.4 is 0 Å². The van der Waals surface area contributed by atoms with E-state index in [-0.39, 0.29) is 17.3 Å². The molecular weight excluding hydrogens is 228 g/mol. The van der Waals surface area contributed by atoms with Gasteiger partial charge in [-0.05, 0) is 19.1 Å². The summed E-state index contributed by atoms with van der Waals surface area (Å²) in [5, 5.41) is 0.0309. The van der Waals surface area contributed by atoms with Gasteiger partial charge in [0.2, 0.25) is 0 Å². The maximum absolute atomic E-state index is 12.3. The van der Waals surface area contributed by atoms with E-state index >= 15 is 0 Å². The number of rotatable bonds is 3. The van der Waals surface area contributed by atoms with Crippen molar-refractivity contribution in [1.29, 1.82) is 0 Å². The molecular formula is C9H8ClF2NO2. The van der Waals surface area contributed by atoms with E-state index in [0.29, 0.717) is 0 Å². The summed E-state index contributed by atoms with van der Waals surface area (Å²) in [5.41, 5.74) is -0.745. The second-order valence-electron chi connectivity index (χ2n) is 2.62. The van der Waals surface area contributed by atoms with Gasteiger partial charge in [0, 0.05) is 5.02 Å². The highest BCUT2D eigenvalue weighted by molar-refractivity contribution is 6.30. The lowest BCUT2D eigenvalue weighted by Gasteiger charge is -2.04. The molecule has 0 N–H and O–H groups in total. The molecule has 1 rings (SSSR count). The van der Waals surface area contributed by atoms with Gasteiger partial charge < -0.3 is 4.74 Å². The first-order chi connectivity index (χ1) is 7.04. The molecule has 1 aromatic heterocycles. The third-order valence-electron chi connectivity index (χ3n) is 1.52. The quantitative estimate of drug-likeness (QED) is 0.757. The fourth-order valence-electron chi connectivity index (χ4n) is 0.939. The highest BCUT2D eigenvalue weighted by Crippen LogP contribution is 2.21. The molecule has 0 aromatic carbocycles. The van der Waals surface area contributed by atoms with Crippen LogP contribution in [0.1, 0.15) is 29.5 Å². The summed E-state index contributed by atoms with van der Waals surface area (Å²) in [6.45, 7) is 1.76. The molecule has 0 unspecified atom stereocenters. The van der Waals surface area contributed by atoms with Crippen LogP contribution in [0, 0.1) is 0 Å². The van der Waals surface area contributed by atoms with Crippen molar-refractivity contribution in [3.63, 3.8) is 0 Å². The van der Waals surface area contributed by atoms with Crippen molar-refractivity contribution in [2.75, 3.05) is 6.61 Å². The third kappa shape index (κ3) is 3.13. The van der Waals surface area contributed by atoms with Gasteiger partial charge in [0.1, 0.15) is 11.4 Å². The van der Waals surface area contributed by atoms with Crippen molar-refractivity contribution in [2.45, 2.75) is 13.3 Å². The molecule has 3 nitrogen and oxygen atoms in total. The lowest BCUT2D eigenvalue weighted by atomic mass is 10.3. The van der Waals surface area contributed by atoms with E-state index in [1.807, 2.05) is 0 Å². The van der Waals surface area contributed by atoms with Crippen LogP contribution in [0.2, 0.25) is 5.02 Å². The number of carbonyl (C=O) groups excluding carboxylic acids is 1. The zero-order valence-corrected chi connectivity index (χ0v) is 8.59. The maximum atomic E-state index is 12.3. The Morgan fingerprint density at radius 3 is 2.80 bits per heavy atom. The number of nitrogens with zero attached hydrogens (tertiary/aromatic N) is 1. The zero-order valence-electron chi connectivity index (χ0n) is 7.84. The van der Waals surface area contributed by atoms with Gasteiger partial charge in [-0.1, -0.05) is 11.6 Å². The molecule has 0 aliphatic heterocycles. The number of ether oxygens (including phenoxy) is 1. The Morgan fingerprint density at radius 1 is 1.60 bits per heavy atom. The molecule has 0 saturated heterocycles. The van der Waals surface area contributed by atoms with Crippen molar-refractivity contribution in [3.8, 4) is 0 Å². The van der Waals surface area contributed by atoms with Crippen LogP contribution in [-0.2, 0) is 4.74 Å². The van der Waals surface area contributed by atoms with Gasteiger partial charge in [-0.25, -0.2) is 18.6 Å². The Kier molecular flexibility index (Phi) is 3.96. The fraction of sp³-hybridized carbons (Fsp3) is 0.333. The topological polar surface area (TPSA) is 39.2 Å². The second kappa shape index (κ2) is 5.02. The van der Waals surface area contributed by atoms with E-state index in [1.54, 1.807) is 6.92 Å². The minimum absolute atomic E-state index is 0.0309. The first kappa shape index (κ1) is 11.8. The number of halogens is 3. The molecule has 0 aliphatic carbocycles. The summed E-state index contributed by atoms with van der Waals surface area (Å²) >= 11 is 5.56. The summed E-state index contributed by atoms with van der Waals surface area (Å²) in [7, 11) is 0. The molecule has 0 radical (unpaired) electrons. The standard InChI is InChI=1S/C9H8ClF2NO2/c1-2-15-9(14)7-4-5(10)3-6(13-7)8(11)12/h3-4,8H,2H2,1H3. The van der Waals surface area contributed by atoms with E-state index in [2.05, 4.69) is 9.72 Å². The van der Waals surface area contributed by atoms with Gasteiger partial charge in [0.25, 0.3) is 6.43 Å². The molecule has 1 aromatic rings. The minimum Gasteiger partial charge on any atom is -0.461 e. The lowest BCUT2D eigenvalue weighted by molar-refractivity contribution is 0.0518. The molecule has 0 atom stereocenters. The first-order valence-corrected chi connectivity index (χ1v) is 4.55. The van der Waals surface area contributed by atoms with Crippen LogP contribution in [0.5, 0.6) is 0 Å². The van der Waals surface area contributed by atoms with Crippen molar-refractivity contribution in [2.24, 2.45) is 0 Å². The van der Waals surface area contributed by atoms with Gasteiger partial charge >= 0.3 is 5.97 Å². The van der Waals surface area contributed by atoms with Crippen LogP contribution in [0.4, 0.5) is 8.78 Å². The highest BCUT2D eigenvalue weighted by atomic mass is 35.5. The average Bonchev–Trinajstić information content (AvgIpc) is 2.17. The zero-order chi connectivity index (χ0) is 11.4. The van der Waals surface area contributed by atoms with E-state index < -0.39 is 18.1 Å². The van der Waals surface area contributed by atoms with Gasteiger partial charge in [-0.2, -0.15) is 0 Å². The number of hydrogen-bond acceptors (Lipinski definition) is 3. The Hall–Kier alpha value is -1.23. The normalized spacial score (nSPS) is 10.5. The molecule has 0 spiro atoms. The van der Waals surface area contributed by atoms with Crippen molar-refractivity contribution in [3.05, 3.63) is 28.5 Å². The predicted molar refractivity (Wildman–Crippen MR) is 50.2 cm³/mol. The van der Waals surface area contributed by atoms with Crippen molar-refractivity contribution in [1.82, 2.24) is 4.98 Å². The van der Waals surface area contributed by atoms with Crippen LogP contribution in [0.15, 0.2) is 12.1 Å². The number of carbonyl (C=O) groups is 1. The highest BCUT2D eigenvalue weighted by Gasteiger charge is 2.15. The molecule has 82 valence electrons. The lowest BCUT2D eigenvalue weighted by Crippen LogP contribution is -2.08. The monoisotopic (exact) mass is 235 g/mol. The first-order valence-electron chi connectivity index (χ1n) is 4.17. The number of esters is 1. The van der Waals surface area contributed by atoms with Crippen molar-refractivity contribution >= 4 is 17.6 Å². The van der Waals surface area contributed by atoms with Gasteiger partial charge in [-0.15, -0.1) is 0 Å². The number of aromatic nitrogens is 1. The summed E-state index contributed by atoms with van der Waals surface area (Å²) < 4.78 is 29.2. The number of alkyl halides is 2. The van der Waals surface area contributed by atoms with E-state index in [9.17, 15) is 13.6 Å². The molecule has 6 heteroatoms. The molecule has 0 bridgehead atoms. The third-order valence-corrected chi connectivity index (χ3v) is 1.74. The smallest absolute Gasteiger partial charge is 0.356 e. The Labute approximate surface area is 90.0 Å². The minimum atomic E-state index is -2.77. The predicted octanol–water partition coefficient (Wildman–Crippen LogP) is 2.85. The summed E-state index contributed by atoms with van der Waals surface area (Å²) in [4.78, 5) is 14.6. The molecule has 0 aliphatic rings. The largest absolute Gasteiger partial charge is 0.461 e. The molecule has 15 heavy (non-hydrogen) atoms. The summed E-state index contributed by atoms with van der Waals surface area (Å²) in [6.07, 6.45) is -2.77. The average molecular weight is 236 g/mol. The van der Waals surface area contributed by atoms with Crippen LogP contribution in [-0.4, -0.2) is 17.6 Å². The number of pyridine rings is 1. The molecule has 0 amide bonds. The van der Waals surface area contributed by atoms with Gasteiger partial charge in [0.05, 0.1) is 6.61 Å². The maximum Gasteiger partial charge on any atom is 0.356 e. The second-order valence-corrected chi connectivity index (χ2v) is 3.05. The summed E-state index contributed by atoms with van der Waals surface area (Å²) in [6, 6.07) is 2.19. The Bertz CT molecular complexity index is 371. The molecule has 1 heterocycles. The summed E-state index contributed by atoms with van der Waals surface area (Å²) in [5.74, 6) is -0.762. The Morgan fingerprint density at radius 2 is 2.27 bits per heavy atom. The van der Waals surface area contributed by atoms with E-state index in [0.717, 1.165) is 6.07 Å². The van der Waals surface area contributed by atoms with Crippen LogP contribution in [0.3, 0.4) is 0 Å². The van der Waals surface area contributed by atoms with Crippen LogP contribution >= 0.6 is 11.6 Å². The van der Waals surface area contributed by atoms with E-state index in [4.69, 9.17) is 11.6 Å². The van der Waals surface area contributed by atoms with Crippen molar-refractivity contribution < 1.29 is 18.3 Å². The molecule has 0 saturated carbocycles. The van der Waals surface area contributed by atoms with Crippen LogP contribution in [0.25, 0.3) is 0 Å². The van der Waals surface area contributed by atoms with Gasteiger partial charge in [-0.3, -0.25) is 0 Å². The fourth-order valence-corrected chi connectivity index (χ4v) is 1.15. The number of hydrogen-bond donors (Lipinski definition) is 0. The Balaban J connectivity index is 3.03. The van der Waals surface area contributed by atoms with E-state index in [1.165, 1.54) is 6.07 Å². The van der Waals surface area contributed by atoms with Gasteiger partial charge in [0.15, 0.2) is 0 Å². The SMILES string of the molecule is CCOC(=O)c1cc(Cl)cc(C(F)F)n1.